The molecule has 0 atom stereocenters. The highest BCUT2D eigenvalue weighted by molar-refractivity contribution is 6.20. The van der Waals surface area contributed by atoms with Crippen LogP contribution in [0, 0.1) is 11.3 Å². The first-order valence-corrected chi connectivity index (χ1v) is 8.42. The first-order valence-electron chi connectivity index (χ1n) is 8.42. The highest BCUT2D eigenvalue weighted by Gasteiger charge is 2.58. The minimum Gasteiger partial charge on any atom is -0.329 e. The SMILES string of the molecule is CN1CCC(C2(C(=O)ON3C(=O)c4ccccc4C3=O)CC2)CC1. The molecule has 0 radical (unpaired) electrons. The predicted octanol–water partition coefficient (Wildman–Crippen LogP) is 1.86. The fourth-order valence-corrected chi connectivity index (χ4v) is 3.90. The Morgan fingerprint density at radius 2 is 1.62 bits per heavy atom. The van der Waals surface area contributed by atoms with E-state index in [-0.39, 0.29) is 5.92 Å². The van der Waals surface area contributed by atoms with Crippen molar-refractivity contribution in [1.82, 2.24) is 9.96 Å². The van der Waals surface area contributed by atoms with Crippen molar-refractivity contribution >= 4 is 17.8 Å². The molecule has 1 saturated carbocycles. The Morgan fingerprint density at radius 3 is 2.12 bits per heavy atom. The number of hydroxylamine groups is 2. The molecular formula is C18H20N2O4. The molecule has 1 aromatic rings. The van der Waals surface area contributed by atoms with Crippen molar-refractivity contribution < 1.29 is 19.2 Å². The van der Waals surface area contributed by atoms with Crippen molar-refractivity contribution in [3.05, 3.63) is 35.4 Å². The molecule has 2 aliphatic heterocycles. The third-order valence-electron chi connectivity index (χ3n) is 5.63. The summed E-state index contributed by atoms with van der Waals surface area (Å²) in [6.45, 7) is 1.93. The summed E-state index contributed by atoms with van der Waals surface area (Å²) in [7, 11) is 2.08. The van der Waals surface area contributed by atoms with Crippen molar-refractivity contribution in [1.29, 1.82) is 0 Å². The second-order valence-electron chi connectivity index (χ2n) is 7.06. The molecule has 0 bridgehead atoms. The Labute approximate surface area is 140 Å². The fourth-order valence-electron chi connectivity index (χ4n) is 3.90. The van der Waals surface area contributed by atoms with E-state index < -0.39 is 23.2 Å². The van der Waals surface area contributed by atoms with E-state index in [2.05, 4.69) is 11.9 Å². The average Bonchev–Trinajstić information content (AvgIpc) is 3.37. The van der Waals surface area contributed by atoms with Crippen LogP contribution >= 0.6 is 0 Å². The van der Waals surface area contributed by atoms with Gasteiger partial charge in [-0.15, -0.1) is 0 Å². The Hall–Kier alpha value is -2.21. The third kappa shape index (κ3) is 2.24. The molecule has 0 N–H and O–H groups in total. The highest BCUT2D eigenvalue weighted by atomic mass is 16.7. The number of carbonyl (C=O) groups excluding carboxylic acids is 3. The lowest BCUT2D eigenvalue weighted by molar-refractivity contribution is -0.178. The molecule has 1 saturated heterocycles. The van der Waals surface area contributed by atoms with E-state index in [1.807, 2.05) is 0 Å². The van der Waals surface area contributed by atoms with Crippen molar-refractivity contribution in [3.8, 4) is 0 Å². The number of nitrogens with zero attached hydrogens (tertiary/aromatic N) is 2. The Balaban J connectivity index is 1.49. The summed E-state index contributed by atoms with van der Waals surface area (Å²) in [5.74, 6) is -1.26. The van der Waals surface area contributed by atoms with E-state index in [9.17, 15) is 14.4 Å². The molecular weight excluding hydrogens is 308 g/mol. The number of hydrogen-bond donors (Lipinski definition) is 0. The number of piperidine rings is 1. The molecule has 6 heteroatoms. The van der Waals surface area contributed by atoms with Gasteiger partial charge in [0, 0.05) is 0 Å². The predicted molar refractivity (Wildman–Crippen MR) is 84.9 cm³/mol. The molecule has 0 aromatic heterocycles. The van der Waals surface area contributed by atoms with Gasteiger partial charge in [-0.3, -0.25) is 9.59 Å². The van der Waals surface area contributed by atoms with Crippen LogP contribution in [0.25, 0.3) is 0 Å². The molecule has 0 spiro atoms. The highest BCUT2D eigenvalue weighted by Crippen LogP contribution is 2.56. The zero-order chi connectivity index (χ0) is 16.9. The lowest BCUT2D eigenvalue weighted by Gasteiger charge is -2.33. The van der Waals surface area contributed by atoms with E-state index >= 15 is 0 Å². The molecule has 2 fully saturated rings. The van der Waals surface area contributed by atoms with Crippen LogP contribution in [0.5, 0.6) is 0 Å². The van der Waals surface area contributed by atoms with Crippen molar-refractivity contribution in [2.75, 3.05) is 20.1 Å². The van der Waals surface area contributed by atoms with E-state index in [4.69, 9.17) is 4.84 Å². The first kappa shape index (κ1) is 15.3. The van der Waals surface area contributed by atoms with Crippen LogP contribution in [-0.2, 0) is 9.63 Å². The van der Waals surface area contributed by atoms with E-state index in [0.29, 0.717) is 16.2 Å². The summed E-state index contributed by atoms with van der Waals surface area (Å²) in [5, 5.41) is 0.641. The summed E-state index contributed by atoms with van der Waals surface area (Å²) < 4.78 is 0. The lowest BCUT2D eigenvalue weighted by atomic mass is 9.81. The van der Waals surface area contributed by atoms with Crippen molar-refractivity contribution in [3.63, 3.8) is 0 Å². The summed E-state index contributed by atoms with van der Waals surface area (Å²) in [5.41, 5.74) is 0.0789. The second-order valence-corrected chi connectivity index (χ2v) is 7.06. The van der Waals surface area contributed by atoms with Crippen LogP contribution in [0.15, 0.2) is 24.3 Å². The average molecular weight is 328 g/mol. The van der Waals surface area contributed by atoms with E-state index in [1.165, 1.54) is 0 Å². The van der Waals surface area contributed by atoms with Crippen LogP contribution in [0.2, 0.25) is 0 Å². The number of hydrogen-bond acceptors (Lipinski definition) is 5. The molecule has 1 aliphatic carbocycles. The third-order valence-corrected chi connectivity index (χ3v) is 5.63. The van der Waals surface area contributed by atoms with Gasteiger partial charge in [-0.05, 0) is 63.9 Å². The van der Waals surface area contributed by atoms with Gasteiger partial charge in [-0.2, -0.15) is 0 Å². The number of carbonyl (C=O) groups is 3. The quantitative estimate of drug-likeness (QED) is 0.792. The van der Waals surface area contributed by atoms with Gasteiger partial charge in [-0.25, -0.2) is 4.79 Å². The fraction of sp³-hybridized carbons (Fsp3) is 0.500. The second kappa shape index (κ2) is 5.41. The van der Waals surface area contributed by atoms with Crippen LogP contribution in [0.1, 0.15) is 46.4 Å². The molecule has 1 aromatic carbocycles. The summed E-state index contributed by atoms with van der Waals surface area (Å²) >= 11 is 0. The topological polar surface area (TPSA) is 66.9 Å². The van der Waals surface area contributed by atoms with Crippen LogP contribution < -0.4 is 0 Å². The van der Waals surface area contributed by atoms with E-state index in [0.717, 1.165) is 38.8 Å². The first-order chi connectivity index (χ1) is 11.5. The lowest BCUT2D eigenvalue weighted by Crippen LogP contribution is -2.41. The molecule has 24 heavy (non-hydrogen) atoms. The van der Waals surface area contributed by atoms with Gasteiger partial charge in [0.15, 0.2) is 0 Å². The maximum absolute atomic E-state index is 12.7. The van der Waals surface area contributed by atoms with Crippen molar-refractivity contribution in [2.24, 2.45) is 11.3 Å². The zero-order valence-electron chi connectivity index (χ0n) is 13.7. The zero-order valence-corrected chi connectivity index (χ0v) is 13.7. The van der Waals surface area contributed by atoms with Gasteiger partial charge in [0.2, 0.25) is 0 Å². The molecule has 2 amide bonds. The minimum atomic E-state index is -0.553. The summed E-state index contributed by atoms with van der Waals surface area (Å²) in [6.07, 6.45) is 3.47. The smallest absolute Gasteiger partial charge is 0.329 e. The normalized spacial score (nSPS) is 23.3. The minimum absolute atomic E-state index is 0.274. The number of amides is 2. The van der Waals surface area contributed by atoms with Crippen LogP contribution in [0.4, 0.5) is 0 Å². The van der Waals surface area contributed by atoms with Crippen LogP contribution in [-0.4, -0.2) is 47.9 Å². The number of imide groups is 1. The maximum atomic E-state index is 12.7. The Kier molecular flexibility index (Phi) is 3.46. The van der Waals surface area contributed by atoms with Gasteiger partial charge < -0.3 is 9.74 Å². The number of fused-ring (bicyclic) bond motifs is 1. The van der Waals surface area contributed by atoms with Gasteiger partial charge in [-0.1, -0.05) is 17.2 Å². The van der Waals surface area contributed by atoms with E-state index in [1.54, 1.807) is 24.3 Å². The summed E-state index contributed by atoms with van der Waals surface area (Å²) in [4.78, 5) is 44.9. The monoisotopic (exact) mass is 328 g/mol. The molecule has 0 unspecified atom stereocenters. The molecule has 4 rings (SSSR count). The molecule has 126 valence electrons. The number of benzene rings is 1. The Bertz CT molecular complexity index is 682. The standard InChI is InChI=1S/C18H20N2O4/c1-19-10-6-12(7-11-19)18(8-9-18)17(23)24-20-15(21)13-4-2-3-5-14(13)16(20)22/h2-5,12H,6-11H2,1H3. The van der Waals surface area contributed by atoms with Gasteiger partial charge in [0.25, 0.3) is 11.8 Å². The summed E-state index contributed by atoms with van der Waals surface area (Å²) in [6, 6.07) is 6.53. The van der Waals surface area contributed by atoms with Crippen LogP contribution in [0.3, 0.4) is 0 Å². The van der Waals surface area contributed by atoms with Gasteiger partial charge >= 0.3 is 5.97 Å². The number of likely N-dealkylation sites (tertiary alicyclic amines) is 1. The largest absolute Gasteiger partial charge is 0.339 e. The molecule has 3 aliphatic rings. The Morgan fingerprint density at radius 1 is 1.08 bits per heavy atom. The molecule has 2 heterocycles. The maximum Gasteiger partial charge on any atom is 0.339 e. The number of rotatable bonds is 3. The van der Waals surface area contributed by atoms with Gasteiger partial charge in [0.1, 0.15) is 0 Å². The molecule has 6 nitrogen and oxygen atoms in total. The van der Waals surface area contributed by atoms with Crippen molar-refractivity contribution in [2.45, 2.75) is 25.7 Å². The van der Waals surface area contributed by atoms with Gasteiger partial charge in [0.05, 0.1) is 16.5 Å².